The normalized spacial score (nSPS) is 14.5. The van der Waals surface area contributed by atoms with Crippen molar-refractivity contribution < 1.29 is 20.4 Å². The summed E-state index contributed by atoms with van der Waals surface area (Å²) in [7, 11) is 0. The third-order valence-electron chi connectivity index (χ3n) is 9.10. The Morgan fingerprint density at radius 2 is 1.07 bits per heavy atom. The van der Waals surface area contributed by atoms with Crippen molar-refractivity contribution in [1.29, 1.82) is 0 Å². The molecule has 0 aliphatic heterocycles. The molecule has 4 aromatic rings. The summed E-state index contributed by atoms with van der Waals surface area (Å²) in [5.41, 5.74) is 11.0. The summed E-state index contributed by atoms with van der Waals surface area (Å²) in [5, 5.41) is 3.18. The second-order valence-corrected chi connectivity index (χ2v) is 28.2. The van der Waals surface area contributed by atoms with Gasteiger partial charge in [0.1, 0.15) is 0 Å². The molecule has 0 fully saturated rings. The summed E-state index contributed by atoms with van der Waals surface area (Å²) < 4.78 is 2.28. The Kier molecular flexibility index (Phi) is 7.86. The van der Waals surface area contributed by atoms with Gasteiger partial charge >= 0.3 is 263 Å². The Labute approximate surface area is 261 Å². The maximum absolute atomic E-state index is 2.62. The van der Waals surface area contributed by atoms with Crippen LogP contribution in [0.4, 0.5) is 0 Å². The van der Waals surface area contributed by atoms with Gasteiger partial charge in [0.05, 0.1) is 0 Å². The zero-order chi connectivity index (χ0) is 29.8. The van der Waals surface area contributed by atoms with Crippen molar-refractivity contribution in [2.45, 2.75) is 76.3 Å². The van der Waals surface area contributed by atoms with Crippen LogP contribution in [0.2, 0.25) is 0 Å². The van der Waals surface area contributed by atoms with E-state index in [1.807, 2.05) is 0 Å². The van der Waals surface area contributed by atoms with Crippen molar-refractivity contribution in [1.82, 2.24) is 0 Å². The molecular formula is C40H44SiZr. The molecule has 2 heteroatoms. The van der Waals surface area contributed by atoms with Crippen LogP contribution in [0.25, 0.3) is 11.1 Å². The number of hydrogen-bond donors (Lipinski definition) is 0. The van der Waals surface area contributed by atoms with Crippen LogP contribution in [0.5, 0.6) is 0 Å². The standard InChI is InChI=1S/C21H25.C14H14Si.C5H5.Zr/c1-20(2,3)16-7-9-18-14(12-16)11-15-13-17(21(4,5)6)8-10-19(15)18;1-11-3-7-13(8-4-11)15-14-9-5-12(2)6-10-14;1-2-4-5-3-1;/h7-13H,1-6H3;3-10H,1-2H3;1-3H,4H2;. The first kappa shape index (κ1) is 29.5. The molecular weight excluding hydrogens is 600 g/mol. The van der Waals surface area contributed by atoms with Gasteiger partial charge in [-0.2, -0.15) is 0 Å². The molecule has 42 heavy (non-hydrogen) atoms. The molecule has 6 rings (SSSR count). The van der Waals surface area contributed by atoms with Crippen LogP contribution in [0.15, 0.2) is 106 Å². The van der Waals surface area contributed by atoms with Gasteiger partial charge in [0.2, 0.25) is 0 Å². The fourth-order valence-electron chi connectivity index (χ4n) is 6.56. The van der Waals surface area contributed by atoms with Crippen LogP contribution in [0.1, 0.15) is 85.0 Å². The summed E-state index contributed by atoms with van der Waals surface area (Å²) in [4.78, 5) is 0. The molecule has 0 N–H and O–H groups in total. The quantitative estimate of drug-likeness (QED) is 0.195. The van der Waals surface area contributed by atoms with Gasteiger partial charge in [-0.05, 0) is 0 Å². The molecule has 2 aliphatic rings. The van der Waals surface area contributed by atoms with Crippen LogP contribution >= 0.6 is 0 Å². The minimum absolute atomic E-state index is 0.115. The van der Waals surface area contributed by atoms with E-state index in [0.29, 0.717) is 3.63 Å². The van der Waals surface area contributed by atoms with Crippen molar-refractivity contribution >= 4 is 15.8 Å². The van der Waals surface area contributed by atoms with E-state index >= 15 is 0 Å². The van der Waals surface area contributed by atoms with E-state index in [1.165, 1.54) is 33.4 Å². The third kappa shape index (κ3) is 5.58. The van der Waals surface area contributed by atoms with Crippen LogP contribution in [-0.2, 0) is 31.2 Å². The van der Waals surface area contributed by atoms with Gasteiger partial charge in [-0.3, -0.25) is 0 Å². The van der Waals surface area contributed by atoms with E-state index in [2.05, 4.69) is 159 Å². The van der Waals surface area contributed by atoms with Gasteiger partial charge in [-0.25, -0.2) is 0 Å². The molecule has 0 atom stereocenters. The second kappa shape index (κ2) is 11.2. The Balaban J connectivity index is 1.74. The average molecular weight is 644 g/mol. The van der Waals surface area contributed by atoms with Gasteiger partial charge in [0.15, 0.2) is 0 Å². The first-order chi connectivity index (χ1) is 19.9. The second-order valence-electron chi connectivity index (χ2n) is 14.4. The molecule has 0 bridgehead atoms. The summed E-state index contributed by atoms with van der Waals surface area (Å²) >= 11 is -2.51. The Bertz CT molecular complexity index is 1640. The van der Waals surface area contributed by atoms with Gasteiger partial charge in [-0.1, -0.05) is 0 Å². The molecule has 0 radical (unpaired) electrons. The number of benzene rings is 4. The van der Waals surface area contributed by atoms with Crippen molar-refractivity contribution in [2.75, 3.05) is 0 Å². The Morgan fingerprint density at radius 1 is 0.619 bits per heavy atom. The molecule has 0 heterocycles. The zero-order valence-electron chi connectivity index (χ0n) is 26.6. The van der Waals surface area contributed by atoms with Crippen LogP contribution in [0, 0.1) is 13.8 Å². The molecule has 0 amide bonds. The number of fused-ring (bicyclic) bond motifs is 3. The van der Waals surface area contributed by atoms with Crippen molar-refractivity contribution in [2.24, 2.45) is 0 Å². The molecule has 0 aromatic heterocycles. The topological polar surface area (TPSA) is 0 Å². The summed E-state index contributed by atoms with van der Waals surface area (Å²) in [6.45, 7) is 18.6. The Hall–Kier alpha value is -2.54. The van der Waals surface area contributed by atoms with Gasteiger partial charge < -0.3 is 0 Å². The van der Waals surface area contributed by atoms with Gasteiger partial charge in [0, 0.05) is 0 Å². The molecule has 0 saturated heterocycles. The number of hydrogen-bond acceptors (Lipinski definition) is 0. The van der Waals surface area contributed by atoms with E-state index in [9.17, 15) is 0 Å². The average Bonchev–Trinajstić information content (AvgIpc) is 3.58. The van der Waals surface area contributed by atoms with E-state index in [4.69, 9.17) is 0 Å². The predicted molar refractivity (Wildman–Crippen MR) is 180 cm³/mol. The summed E-state index contributed by atoms with van der Waals surface area (Å²) in [5.74, 6) is 0. The molecule has 0 nitrogen and oxygen atoms in total. The predicted octanol–water partition coefficient (Wildman–Crippen LogP) is 9.24. The fraction of sp³-hybridized carbons (Fsp3) is 0.300. The third-order valence-corrected chi connectivity index (χ3v) is 28.9. The fourth-order valence-corrected chi connectivity index (χ4v) is 28.7. The molecule has 4 aromatic carbocycles. The summed E-state index contributed by atoms with van der Waals surface area (Å²) in [6.07, 6.45) is 8.40. The van der Waals surface area contributed by atoms with E-state index in [-0.39, 0.29) is 10.8 Å². The van der Waals surface area contributed by atoms with Crippen LogP contribution in [0.3, 0.4) is 0 Å². The first-order valence-corrected chi connectivity index (χ1v) is 23.3. The SMILES string of the molecule is Cc1ccc([Si](c2ccc(C)cc2)=[Zr]([C]2=CC=CC2)[CH]2c3cc(C(C)(C)C)ccc3-c3ccc(C(C)(C)C)cc32)cc1. The van der Waals surface area contributed by atoms with E-state index in [1.54, 1.807) is 24.8 Å². The zero-order valence-corrected chi connectivity index (χ0v) is 30.1. The Morgan fingerprint density at radius 3 is 1.45 bits per heavy atom. The monoisotopic (exact) mass is 642 g/mol. The van der Waals surface area contributed by atoms with Crippen LogP contribution < -0.4 is 10.4 Å². The maximum atomic E-state index is 2.62. The van der Waals surface area contributed by atoms with Gasteiger partial charge in [0.25, 0.3) is 0 Å². The molecule has 0 unspecified atom stereocenters. The first-order valence-electron chi connectivity index (χ1n) is 15.5. The molecule has 0 spiro atoms. The molecule has 0 saturated carbocycles. The van der Waals surface area contributed by atoms with Crippen molar-refractivity contribution in [3.8, 4) is 11.1 Å². The van der Waals surface area contributed by atoms with E-state index < -0.39 is 25.8 Å². The van der Waals surface area contributed by atoms with Gasteiger partial charge in [-0.15, -0.1) is 0 Å². The van der Waals surface area contributed by atoms with Crippen LogP contribution in [-0.4, -0.2) is 5.43 Å². The minimum atomic E-state index is -2.51. The number of allylic oxidation sites excluding steroid dienone is 4. The molecule has 2 aliphatic carbocycles. The molecule has 212 valence electrons. The van der Waals surface area contributed by atoms with Crippen molar-refractivity contribution in [3.05, 3.63) is 140 Å². The summed E-state index contributed by atoms with van der Waals surface area (Å²) in [6, 6.07) is 34.2. The van der Waals surface area contributed by atoms with Crippen molar-refractivity contribution in [3.63, 3.8) is 0 Å². The number of aryl methyl sites for hydroxylation is 2. The van der Waals surface area contributed by atoms with E-state index in [0.717, 1.165) is 6.42 Å². The number of rotatable bonds is 4.